The van der Waals surface area contributed by atoms with Crippen LogP contribution < -0.4 is 5.43 Å². The van der Waals surface area contributed by atoms with Crippen molar-refractivity contribution >= 4 is 22.8 Å². The maximum atomic E-state index is 11.3. The van der Waals surface area contributed by atoms with Gasteiger partial charge in [0.05, 0.1) is 21.5 Å². The minimum Gasteiger partial charge on any atom is -0.508 e. The summed E-state index contributed by atoms with van der Waals surface area (Å²) in [6.45, 7) is 0. The van der Waals surface area contributed by atoms with Gasteiger partial charge in [-0.3, -0.25) is 25.7 Å². The number of nitrogens with one attached hydrogen (secondary N) is 1. The Morgan fingerprint density at radius 1 is 0.862 bits per heavy atom. The lowest BCUT2D eigenvalue weighted by atomic mass is 10.1. The Labute approximate surface area is 162 Å². The lowest BCUT2D eigenvalue weighted by molar-refractivity contribution is -0.393. The first kappa shape index (κ1) is 17.9. The van der Waals surface area contributed by atoms with Crippen molar-refractivity contribution in [2.45, 2.75) is 0 Å². The molecule has 1 aliphatic carbocycles. The van der Waals surface area contributed by atoms with E-state index in [9.17, 15) is 30.4 Å². The highest BCUT2D eigenvalue weighted by Gasteiger charge is 2.28. The standard InChI is InChI=1S/C19H12N4O6/c24-11-5-6-12-13-2-1-3-17(25)18(13)19(14(12)9-11)21-20-15-7-4-10(22(26)27)8-16(15)23(28)29/h1-9,20,24-25H/b21-19+. The number of hydrazone groups is 1. The van der Waals surface area contributed by atoms with E-state index in [2.05, 4.69) is 10.5 Å². The fraction of sp³-hybridized carbons (Fsp3) is 0. The number of nitro benzene ring substituents is 2. The van der Waals surface area contributed by atoms with Gasteiger partial charge in [-0.25, -0.2) is 0 Å². The normalized spacial score (nSPS) is 13.0. The van der Waals surface area contributed by atoms with E-state index in [0.29, 0.717) is 16.7 Å². The number of phenols is 2. The highest BCUT2D eigenvalue weighted by atomic mass is 16.6. The van der Waals surface area contributed by atoms with E-state index in [-0.39, 0.29) is 22.9 Å². The van der Waals surface area contributed by atoms with Crippen LogP contribution in [0.4, 0.5) is 17.1 Å². The Morgan fingerprint density at radius 2 is 1.66 bits per heavy atom. The summed E-state index contributed by atoms with van der Waals surface area (Å²) >= 11 is 0. The van der Waals surface area contributed by atoms with Gasteiger partial charge in [-0.05, 0) is 41.5 Å². The number of nitro groups is 2. The lowest BCUT2D eigenvalue weighted by Crippen LogP contribution is -2.05. The molecule has 10 heteroatoms. The Kier molecular flexibility index (Phi) is 4.08. The van der Waals surface area contributed by atoms with Crippen LogP contribution in [0.15, 0.2) is 59.7 Å². The minimum atomic E-state index is -0.755. The van der Waals surface area contributed by atoms with Crippen molar-refractivity contribution in [1.82, 2.24) is 0 Å². The molecule has 0 radical (unpaired) electrons. The predicted octanol–water partition coefficient (Wildman–Crippen LogP) is 3.76. The molecule has 144 valence electrons. The van der Waals surface area contributed by atoms with Gasteiger partial charge in [0, 0.05) is 11.6 Å². The highest BCUT2D eigenvalue weighted by Crippen LogP contribution is 2.42. The van der Waals surface area contributed by atoms with Crippen LogP contribution in [0.3, 0.4) is 0 Å². The highest BCUT2D eigenvalue weighted by molar-refractivity contribution is 6.26. The zero-order valence-electron chi connectivity index (χ0n) is 14.6. The van der Waals surface area contributed by atoms with Gasteiger partial charge in [0.1, 0.15) is 22.9 Å². The number of phenolic OH excluding ortho intramolecular Hbond substituents is 2. The van der Waals surface area contributed by atoms with Crippen molar-refractivity contribution in [2.75, 3.05) is 5.43 Å². The van der Waals surface area contributed by atoms with E-state index in [1.54, 1.807) is 18.2 Å². The Balaban J connectivity index is 1.83. The molecular formula is C19H12N4O6. The molecule has 0 fully saturated rings. The van der Waals surface area contributed by atoms with Gasteiger partial charge in [0.25, 0.3) is 5.69 Å². The van der Waals surface area contributed by atoms with Crippen molar-refractivity contribution in [3.05, 3.63) is 86.0 Å². The van der Waals surface area contributed by atoms with Gasteiger partial charge in [-0.15, -0.1) is 0 Å². The summed E-state index contributed by atoms with van der Waals surface area (Å²) in [6, 6.07) is 12.7. The van der Waals surface area contributed by atoms with Crippen LogP contribution in [0.2, 0.25) is 0 Å². The summed E-state index contributed by atoms with van der Waals surface area (Å²) in [5, 5.41) is 46.6. The fourth-order valence-electron chi connectivity index (χ4n) is 3.22. The van der Waals surface area contributed by atoms with E-state index in [1.807, 2.05) is 0 Å². The molecule has 1 aliphatic rings. The number of nitrogens with zero attached hydrogens (tertiary/aromatic N) is 3. The molecule has 3 N–H and O–H groups in total. The summed E-state index contributed by atoms with van der Waals surface area (Å²) in [7, 11) is 0. The molecule has 0 saturated carbocycles. The van der Waals surface area contributed by atoms with Crippen LogP contribution in [0.5, 0.6) is 11.5 Å². The second kappa shape index (κ2) is 6.60. The zero-order valence-corrected chi connectivity index (χ0v) is 14.6. The Morgan fingerprint density at radius 3 is 2.38 bits per heavy atom. The maximum Gasteiger partial charge on any atom is 0.301 e. The van der Waals surface area contributed by atoms with Crippen LogP contribution in [0.1, 0.15) is 11.1 Å². The largest absolute Gasteiger partial charge is 0.508 e. The molecule has 0 spiro atoms. The van der Waals surface area contributed by atoms with Crippen LogP contribution in [-0.2, 0) is 0 Å². The van der Waals surface area contributed by atoms with Gasteiger partial charge < -0.3 is 10.2 Å². The first-order valence-corrected chi connectivity index (χ1v) is 8.29. The van der Waals surface area contributed by atoms with Crippen LogP contribution in [0, 0.1) is 20.2 Å². The molecule has 3 aromatic carbocycles. The van der Waals surface area contributed by atoms with Crippen LogP contribution in [-0.4, -0.2) is 25.8 Å². The third-order valence-corrected chi connectivity index (χ3v) is 4.50. The molecule has 0 unspecified atom stereocenters. The third kappa shape index (κ3) is 2.98. The maximum absolute atomic E-state index is 11.3. The first-order valence-electron chi connectivity index (χ1n) is 8.29. The van der Waals surface area contributed by atoms with Gasteiger partial charge in [-0.1, -0.05) is 12.1 Å². The van der Waals surface area contributed by atoms with Gasteiger partial charge in [0.2, 0.25) is 0 Å². The number of hydrogen-bond donors (Lipinski definition) is 3. The number of rotatable bonds is 4. The molecule has 0 bridgehead atoms. The molecule has 0 aliphatic heterocycles. The van der Waals surface area contributed by atoms with Crippen molar-refractivity contribution in [3.8, 4) is 22.6 Å². The van der Waals surface area contributed by atoms with Gasteiger partial charge >= 0.3 is 5.69 Å². The van der Waals surface area contributed by atoms with Crippen LogP contribution >= 0.6 is 0 Å². The van der Waals surface area contributed by atoms with E-state index >= 15 is 0 Å². The second-order valence-electron chi connectivity index (χ2n) is 6.22. The Bertz CT molecular complexity index is 1220. The SMILES string of the molecule is O=[N+]([O-])c1ccc(N/N=C2\c3cc(O)ccc3-c3cccc(O)c32)c([N+](=O)[O-])c1. The quantitative estimate of drug-likeness (QED) is 0.353. The summed E-state index contributed by atoms with van der Waals surface area (Å²) in [5.41, 5.74) is 4.20. The van der Waals surface area contributed by atoms with Crippen LogP contribution in [0.25, 0.3) is 11.1 Å². The number of benzene rings is 3. The topological polar surface area (TPSA) is 151 Å². The predicted molar refractivity (Wildman–Crippen MR) is 104 cm³/mol. The molecule has 4 rings (SSSR count). The van der Waals surface area contributed by atoms with Gasteiger partial charge in [0.15, 0.2) is 0 Å². The molecule has 3 aromatic rings. The average Bonchev–Trinajstić information content (AvgIpc) is 3.00. The molecular weight excluding hydrogens is 380 g/mol. The molecule has 0 aromatic heterocycles. The smallest absolute Gasteiger partial charge is 0.301 e. The Hall–Kier alpha value is -4.47. The number of aromatic hydroxyl groups is 2. The van der Waals surface area contributed by atoms with E-state index < -0.39 is 21.2 Å². The summed E-state index contributed by atoms with van der Waals surface area (Å²) in [6.07, 6.45) is 0. The monoisotopic (exact) mass is 392 g/mol. The lowest BCUT2D eigenvalue weighted by Gasteiger charge is -2.06. The average molecular weight is 392 g/mol. The number of non-ortho nitro benzene ring substituents is 1. The molecule has 0 heterocycles. The summed E-state index contributed by atoms with van der Waals surface area (Å²) < 4.78 is 0. The van der Waals surface area contributed by atoms with Crippen molar-refractivity contribution in [1.29, 1.82) is 0 Å². The van der Waals surface area contributed by atoms with Crippen molar-refractivity contribution in [2.24, 2.45) is 5.10 Å². The van der Waals surface area contributed by atoms with E-state index in [4.69, 9.17) is 0 Å². The second-order valence-corrected chi connectivity index (χ2v) is 6.22. The van der Waals surface area contributed by atoms with Crippen molar-refractivity contribution < 1.29 is 20.1 Å². The zero-order chi connectivity index (χ0) is 20.7. The summed E-state index contributed by atoms with van der Waals surface area (Å²) in [5.74, 6) is -0.0537. The minimum absolute atomic E-state index is 0.00920. The fourth-order valence-corrected chi connectivity index (χ4v) is 3.22. The van der Waals surface area contributed by atoms with Crippen molar-refractivity contribution in [3.63, 3.8) is 0 Å². The molecule has 0 saturated heterocycles. The first-order chi connectivity index (χ1) is 13.9. The summed E-state index contributed by atoms with van der Waals surface area (Å²) in [4.78, 5) is 20.7. The number of hydrogen-bond acceptors (Lipinski definition) is 8. The molecule has 10 nitrogen and oxygen atoms in total. The third-order valence-electron chi connectivity index (χ3n) is 4.50. The molecule has 29 heavy (non-hydrogen) atoms. The number of fused-ring (bicyclic) bond motifs is 3. The molecule has 0 atom stereocenters. The van der Waals surface area contributed by atoms with Gasteiger partial charge in [-0.2, -0.15) is 5.10 Å². The van der Waals surface area contributed by atoms with E-state index in [0.717, 1.165) is 17.7 Å². The number of anilines is 1. The van der Waals surface area contributed by atoms with E-state index in [1.165, 1.54) is 24.3 Å². The molecule has 0 amide bonds.